The van der Waals surface area contributed by atoms with Crippen LogP contribution in [0.1, 0.15) is 25.8 Å². The molecule has 23 heavy (non-hydrogen) atoms. The Kier molecular flexibility index (Phi) is 5.67. The molecular weight excluding hydrogens is 296 g/mol. The molecular formula is C15H20N6O2. The molecule has 0 saturated heterocycles. The lowest BCUT2D eigenvalue weighted by Crippen LogP contribution is -2.09. The lowest BCUT2D eigenvalue weighted by Gasteiger charge is -2.10. The SMILES string of the molecule is CC(C)CCOc1ccc(/C=C\C(=O)Nc2nn[nH]n2)cc1N. The Morgan fingerprint density at radius 1 is 1.48 bits per heavy atom. The number of carbonyl (C=O) groups is 1. The van der Waals surface area contributed by atoms with Crippen LogP contribution in [0.3, 0.4) is 0 Å². The fourth-order valence-corrected chi connectivity index (χ4v) is 1.75. The summed E-state index contributed by atoms with van der Waals surface area (Å²) in [5.74, 6) is 0.991. The van der Waals surface area contributed by atoms with Crippen LogP contribution in [0.4, 0.5) is 11.6 Å². The summed E-state index contributed by atoms with van der Waals surface area (Å²) in [5.41, 5.74) is 7.29. The second kappa shape index (κ2) is 7.92. The maximum absolute atomic E-state index is 11.7. The number of ether oxygens (including phenoxy) is 1. The number of nitrogens with two attached hydrogens (primary N) is 1. The second-order valence-electron chi connectivity index (χ2n) is 5.39. The number of tetrazole rings is 1. The predicted molar refractivity (Wildman–Crippen MR) is 87.6 cm³/mol. The van der Waals surface area contributed by atoms with E-state index >= 15 is 0 Å². The Morgan fingerprint density at radius 2 is 2.30 bits per heavy atom. The highest BCUT2D eigenvalue weighted by Gasteiger charge is 2.04. The Labute approximate surface area is 134 Å². The number of H-pyrrole nitrogens is 1. The summed E-state index contributed by atoms with van der Waals surface area (Å²) in [4.78, 5) is 11.7. The first-order valence-electron chi connectivity index (χ1n) is 7.29. The van der Waals surface area contributed by atoms with Crippen LogP contribution >= 0.6 is 0 Å². The zero-order valence-corrected chi connectivity index (χ0v) is 13.1. The van der Waals surface area contributed by atoms with E-state index in [4.69, 9.17) is 10.5 Å². The average molecular weight is 316 g/mol. The quantitative estimate of drug-likeness (QED) is 0.530. The van der Waals surface area contributed by atoms with E-state index in [1.54, 1.807) is 18.2 Å². The van der Waals surface area contributed by atoms with Gasteiger partial charge in [-0.1, -0.05) is 25.0 Å². The number of carbonyl (C=O) groups excluding carboxylic acids is 1. The zero-order valence-electron chi connectivity index (χ0n) is 13.1. The third-order valence-electron chi connectivity index (χ3n) is 2.99. The molecule has 122 valence electrons. The van der Waals surface area contributed by atoms with Crippen LogP contribution in [0.25, 0.3) is 6.08 Å². The molecule has 0 aliphatic rings. The molecule has 8 heteroatoms. The van der Waals surface area contributed by atoms with Crippen molar-refractivity contribution in [1.82, 2.24) is 20.6 Å². The first kappa shape index (κ1) is 16.5. The first-order chi connectivity index (χ1) is 11.0. The Bertz CT molecular complexity index is 667. The van der Waals surface area contributed by atoms with Crippen molar-refractivity contribution in [2.75, 3.05) is 17.7 Å². The number of aromatic nitrogens is 4. The number of anilines is 2. The van der Waals surface area contributed by atoms with E-state index in [0.717, 1.165) is 12.0 Å². The van der Waals surface area contributed by atoms with Crippen molar-refractivity contribution >= 4 is 23.6 Å². The van der Waals surface area contributed by atoms with Gasteiger partial charge in [0.05, 0.1) is 12.3 Å². The molecule has 0 radical (unpaired) electrons. The molecule has 1 amide bonds. The van der Waals surface area contributed by atoms with E-state index in [0.29, 0.717) is 24.0 Å². The molecule has 0 unspecified atom stereocenters. The first-order valence-corrected chi connectivity index (χ1v) is 7.29. The van der Waals surface area contributed by atoms with Gasteiger partial charge in [0.25, 0.3) is 11.9 Å². The van der Waals surface area contributed by atoms with E-state index in [2.05, 4.69) is 39.8 Å². The number of nitrogen functional groups attached to an aromatic ring is 1. The van der Waals surface area contributed by atoms with Gasteiger partial charge in [-0.2, -0.15) is 5.21 Å². The topological polar surface area (TPSA) is 119 Å². The molecule has 4 N–H and O–H groups in total. The highest BCUT2D eigenvalue weighted by Crippen LogP contribution is 2.23. The normalized spacial score (nSPS) is 11.1. The van der Waals surface area contributed by atoms with Crippen molar-refractivity contribution in [3.8, 4) is 5.75 Å². The standard InChI is InChI=1S/C15H20N6O2/c1-10(2)7-8-23-13-5-3-11(9-12(13)16)4-6-14(22)17-15-18-20-21-19-15/h3-6,9-10H,7-8,16H2,1-2H3,(H2,17,18,19,20,21,22)/b6-4-. The minimum Gasteiger partial charge on any atom is -0.491 e. The third kappa shape index (κ3) is 5.42. The molecule has 2 aromatic rings. The molecule has 0 saturated carbocycles. The molecule has 0 atom stereocenters. The molecule has 0 spiro atoms. The number of aromatic amines is 1. The minimum absolute atomic E-state index is 0.119. The lowest BCUT2D eigenvalue weighted by atomic mass is 10.1. The van der Waals surface area contributed by atoms with Gasteiger partial charge in [-0.25, -0.2) is 0 Å². The maximum atomic E-state index is 11.7. The van der Waals surface area contributed by atoms with Crippen LogP contribution < -0.4 is 15.8 Å². The average Bonchev–Trinajstić information content (AvgIpc) is 2.99. The number of hydrogen-bond donors (Lipinski definition) is 3. The number of benzene rings is 1. The molecule has 1 aromatic carbocycles. The second-order valence-corrected chi connectivity index (χ2v) is 5.39. The Hall–Kier alpha value is -2.90. The van der Waals surface area contributed by atoms with Crippen LogP contribution in [-0.4, -0.2) is 33.1 Å². The van der Waals surface area contributed by atoms with E-state index in [1.807, 2.05) is 6.07 Å². The summed E-state index contributed by atoms with van der Waals surface area (Å²) >= 11 is 0. The molecule has 1 aromatic heterocycles. The summed E-state index contributed by atoms with van der Waals surface area (Å²) < 4.78 is 5.64. The molecule has 2 rings (SSSR count). The lowest BCUT2D eigenvalue weighted by molar-refractivity contribution is -0.111. The van der Waals surface area contributed by atoms with Crippen LogP contribution in [0.5, 0.6) is 5.75 Å². The van der Waals surface area contributed by atoms with E-state index in [-0.39, 0.29) is 11.9 Å². The van der Waals surface area contributed by atoms with Crippen molar-refractivity contribution in [3.05, 3.63) is 29.8 Å². The van der Waals surface area contributed by atoms with Gasteiger partial charge in [-0.3, -0.25) is 10.1 Å². The van der Waals surface area contributed by atoms with Gasteiger partial charge < -0.3 is 10.5 Å². The van der Waals surface area contributed by atoms with Gasteiger partial charge in [0.2, 0.25) is 0 Å². The summed E-state index contributed by atoms with van der Waals surface area (Å²) in [6.07, 6.45) is 3.98. The van der Waals surface area contributed by atoms with E-state index < -0.39 is 0 Å². The summed E-state index contributed by atoms with van der Waals surface area (Å²) in [6, 6.07) is 5.38. The smallest absolute Gasteiger partial charge is 0.270 e. The Balaban J connectivity index is 1.91. The van der Waals surface area contributed by atoms with Gasteiger partial charge in [0.1, 0.15) is 5.75 Å². The predicted octanol–water partition coefficient (Wildman–Crippen LogP) is 1.86. The van der Waals surface area contributed by atoms with Crippen molar-refractivity contribution in [2.24, 2.45) is 5.92 Å². The number of nitrogens with zero attached hydrogens (tertiary/aromatic N) is 3. The van der Waals surface area contributed by atoms with Crippen molar-refractivity contribution in [2.45, 2.75) is 20.3 Å². The molecule has 0 fully saturated rings. The monoisotopic (exact) mass is 316 g/mol. The van der Waals surface area contributed by atoms with E-state index in [1.165, 1.54) is 6.08 Å². The van der Waals surface area contributed by atoms with Crippen molar-refractivity contribution < 1.29 is 9.53 Å². The molecule has 8 nitrogen and oxygen atoms in total. The summed E-state index contributed by atoms with van der Waals surface area (Å²) in [7, 11) is 0. The van der Waals surface area contributed by atoms with Gasteiger partial charge in [0, 0.05) is 6.08 Å². The highest BCUT2D eigenvalue weighted by molar-refractivity contribution is 6.00. The number of nitrogens with one attached hydrogen (secondary N) is 2. The minimum atomic E-state index is -0.359. The van der Waals surface area contributed by atoms with Gasteiger partial charge in [-0.05, 0) is 41.3 Å². The number of hydrogen-bond acceptors (Lipinski definition) is 6. The van der Waals surface area contributed by atoms with E-state index in [9.17, 15) is 4.79 Å². The van der Waals surface area contributed by atoms with Crippen LogP contribution in [0.15, 0.2) is 24.3 Å². The molecule has 0 aliphatic heterocycles. The molecule has 0 aliphatic carbocycles. The number of amides is 1. The largest absolute Gasteiger partial charge is 0.491 e. The van der Waals surface area contributed by atoms with Gasteiger partial charge >= 0.3 is 0 Å². The number of rotatable bonds is 7. The fourth-order valence-electron chi connectivity index (χ4n) is 1.75. The zero-order chi connectivity index (χ0) is 16.7. The Morgan fingerprint density at radius 3 is 2.96 bits per heavy atom. The third-order valence-corrected chi connectivity index (χ3v) is 2.99. The fraction of sp³-hybridized carbons (Fsp3) is 0.333. The van der Waals surface area contributed by atoms with Crippen LogP contribution in [-0.2, 0) is 4.79 Å². The van der Waals surface area contributed by atoms with Crippen molar-refractivity contribution in [1.29, 1.82) is 0 Å². The van der Waals surface area contributed by atoms with Crippen molar-refractivity contribution in [3.63, 3.8) is 0 Å². The molecule has 1 heterocycles. The maximum Gasteiger partial charge on any atom is 0.270 e. The van der Waals surface area contributed by atoms with Gasteiger partial charge in [0.15, 0.2) is 0 Å². The van der Waals surface area contributed by atoms with Crippen LogP contribution in [0, 0.1) is 5.92 Å². The van der Waals surface area contributed by atoms with Gasteiger partial charge in [-0.15, -0.1) is 5.10 Å². The molecule has 0 bridgehead atoms. The van der Waals surface area contributed by atoms with Crippen LogP contribution in [0.2, 0.25) is 0 Å². The highest BCUT2D eigenvalue weighted by atomic mass is 16.5. The summed E-state index contributed by atoms with van der Waals surface area (Å²) in [6.45, 7) is 4.91. The summed E-state index contributed by atoms with van der Waals surface area (Å²) in [5, 5.41) is 15.3.